The lowest BCUT2D eigenvalue weighted by Crippen LogP contribution is -2.57. The van der Waals surface area contributed by atoms with Crippen LogP contribution in [0, 0.1) is 5.92 Å². The number of hydrogen-bond acceptors (Lipinski definition) is 7. The fourth-order valence-corrected chi connectivity index (χ4v) is 4.83. The van der Waals surface area contributed by atoms with Crippen molar-refractivity contribution >= 4 is 59.5 Å². The number of carboxylic acids is 1. The van der Waals surface area contributed by atoms with Crippen LogP contribution in [0.3, 0.4) is 0 Å². The van der Waals surface area contributed by atoms with Crippen LogP contribution >= 0.6 is 23.2 Å². The largest absolute Gasteiger partial charge is 0.716 e. The van der Waals surface area contributed by atoms with Crippen LogP contribution in [0.2, 0.25) is 15.9 Å². The molecule has 3 rings (SSSR count). The summed E-state index contributed by atoms with van der Waals surface area (Å²) in [5, 5.41) is 5.41. The monoisotopic (exact) mass is 528 g/mol. The molecule has 0 radical (unpaired) electrons. The molecular weight excluding hydrogens is 502 g/mol. The minimum absolute atomic E-state index is 0.0346. The van der Waals surface area contributed by atoms with Crippen LogP contribution in [0.4, 0.5) is 0 Å². The van der Waals surface area contributed by atoms with E-state index in [0.717, 1.165) is 0 Å². The van der Waals surface area contributed by atoms with Gasteiger partial charge in [-0.05, 0) is 36.4 Å². The topological polar surface area (TPSA) is 141 Å². The van der Waals surface area contributed by atoms with Gasteiger partial charge in [0.15, 0.2) is 0 Å². The van der Waals surface area contributed by atoms with Crippen molar-refractivity contribution in [3.63, 3.8) is 0 Å². The van der Waals surface area contributed by atoms with Gasteiger partial charge < -0.3 is 24.6 Å². The van der Waals surface area contributed by atoms with Crippen molar-refractivity contribution in [2.75, 3.05) is 13.6 Å². The summed E-state index contributed by atoms with van der Waals surface area (Å²) in [5.74, 6) is -3.66. The van der Waals surface area contributed by atoms with Crippen LogP contribution in [0.1, 0.15) is 49.9 Å². The third-order valence-electron chi connectivity index (χ3n) is 6.02. The van der Waals surface area contributed by atoms with Crippen molar-refractivity contribution in [1.82, 2.24) is 10.6 Å². The van der Waals surface area contributed by atoms with Crippen molar-refractivity contribution in [3.05, 3.63) is 33.8 Å². The Hall–Kier alpha value is -2.63. The summed E-state index contributed by atoms with van der Waals surface area (Å²) in [5.41, 5.74) is -1.63. The molecule has 13 heteroatoms. The molecule has 2 bridgehead atoms. The van der Waals surface area contributed by atoms with Crippen LogP contribution in [0.25, 0.3) is 0 Å². The fourth-order valence-electron chi connectivity index (χ4n) is 4.46. The van der Waals surface area contributed by atoms with E-state index in [2.05, 4.69) is 15.3 Å². The maximum Gasteiger partial charge on any atom is 0.576 e. The molecule has 2 aliphatic rings. The second-order valence-electron chi connectivity index (χ2n) is 9.23. The van der Waals surface area contributed by atoms with Crippen LogP contribution in [0.5, 0.6) is 0 Å². The molecule has 190 valence electrons. The van der Waals surface area contributed by atoms with Crippen LogP contribution < -0.4 is 10.6 Å². The average Bonchev–Trinajstić information content (AvgIpc) is 2.98. The number of rotatable bonds is 10. The van der Waals surface area contributed by atoms with Gasteiger partial charge in [0.1, 0.15) is 5.78 Å². The molecule has 3 atom stereocenters. The smallest absolute Gasteiger partial charge is 0.576 e. The lowest BCUT2D eigenvalue weighted by molar-refractivity contribution is -0.158. The van der Waals surface area contributed by atoms with E-state index in [1.807, 2.05) is 13.8 Å². The zero-order valence-electron chi connectivity index (χ0n) is 19.6. The number of amides is 2. The standard InChI is InChI=1S/C22H27BCl2N2O8/c1-12(2)6-13(7-15(28)11-27-20(31)16-8-14(24)4-5-17(16)25)23-33-19(30)10-22(35-23,21(32)34-23)9-18(29)26-3/h4-5,8,12-13,34H,6-7,9-11H2,1-3H3,(H,26,29)(H,27,31)/t13-,22+,23?/m1/s1. The number of halogens is 2. The summed E-state index contributed by atoms with van der Waals surface area (Å²) >= 11 is 12.0. The van der Waals surface area contributed by atoms with E-state index in [9.17, 15) is 24.0 Å². The molecule has 1 aromatic carbocycles. The molecule has 1 unspecified atom stereocenters. The van der Waals surface area contributed by atoms with Gasteiger partial charge >= 0.3 is 12.7 Å². The number of fused-ring (bicyclic) bond motifs is 2. The summed E-state index contributed by atoms with van der Waals surface area (Å²) in [6.45, 7) is 0.598. The van der Waals surface area contributed by atoms with Gasteiger partial charge in [-0.25, -0.2) is 0 Å². The van der Waals surface area contributed by atoms with E-state index >= 15 is 0 Å². The zero-order chi connectivity index (χ0) is 26.0. The lowest BCUT2D eigenvalue weighted by Gasteiger charge is -2.43. The highest BCUT2D eigenvalue weighted by Gasteiger charge is 2.69. The quantitative estimate of drug-likeness (QED) is 0.349. The molecule has 0 spiro atoms. The summed E-state index contributed by atoms with van der Waals surface area (Å²) < 4.78 is 15.5. The first-order chi connectivity index (χ1) is 16.4. The molecule has 2 aliphatic heterocycles. The van der Waals surface area contributed by atoms with Gasteiger partial charge in [-0.2, -0.15) is 0 Å². The Kier molecular flexibility index (Phi) is 8.13. The number of nitrogens with one attached hydrogen (secondary N) is 2. The SMILES string of the molecule is CNC(=O)C[C@@]12CC(=O)O[B-]([C@@H](CC(=O)CNC(=O)c3cc(Cl)ccc3Cl)CC(C)C)(O1)[OH+]C2=O. The number of ketones is 1. The molecule has 2 heterocycles. The van der Waals surface area contributed by atoms with Crippen LogP contribution in [-0.2, 0) is 28.5 Å². The van der Waals surface area contributed by atoms with Crippen LogP contribution in [-0.4, -0.2) is 60.1 Å². The van der Waals surface area contributed by atoms with Crippen molar-refractivity contribution < 1.29 is 37.9 Å². The number of hydrogen-bond donors (Lipinski definition) is 2. The number of Topliss-reactive ketones (excluding diaryl/α,β-unsaturated/α-hetero) is 1. The first-order valence-corrected chi connectivity index (χ1v) is 11.9. The van der Waals surface area contributed by atoms with Gasteiger partial charge in [-0.1, -0.05) is 43.5 Å². The third-order valence-corrected chi connectivity index (χ3v) is 6.58. The van der Waals surface area contributed by atoms with Crippen molar-refractivity contribution in [2.45, 2.75) is 50.9 Å². The minimum atomic E-state index is -2.85. The highest BCUT2D eigenvalue weighted by atomic mass is 35.5. The van der Waals surface area contributed by atoms with Gasteiger partial charge in [-0.15, -0.1) is 0 Å². The van der Waals surface area contributed by atoms with Crippen LogP contribution in [0.15, 0.2) is 18.2 Å². The van der Waals surface area contributed by atoms with Crippen molar-refractivity contribution in [2.24, 2.45) is 5.92 Å². The van der Waals surface area contributed by atoms with E-state index in [-0.39, 0.29) is 35.9 Å². The van der Waals surface area contributed by atoms with Crippen molar-refractivity contribution in [3.8, 4) is 0 Å². The molecule has 2 saturated heterocycles. The van der Waals surface area contributed by atoms with E-state index < -0.39 is 54.1 Å². The number of carbonyl (C=O) groups is 5. The van der Waals surface area contributed by atoms with E-state index in [1.54, 1.807) is 0 Å². The predicted molar refractivity (Wildman–Crippen MR) is 128 cm³/mol. The Labute approximate surface area is 212 Å². The second-order valence-corrected chi connectivity index (χ2v) is 10.1. The van der Waals surface area contributed by atoms with E-state index in [1.165, 1.54) is 25.2 Å². The minimum Gasteiger partial charge on any atom is -0.716 e. The number of carbonyl (C=O) groups excluding carboxylic acids is 4. The number of aliphatic carboxylic acids is 1. The molecule has 0 aromatic heterocycles. The Balaban J connectivity index is 1.76. The maximum absolute atomic E-state index is 12.9. The normalized spacial score (nSPS) is 23.9. The van der Waals surface area contributed by atoms with Crippen molar-refractivity contribution in [1.29, 1.82) is 0 Å². The molecule has 3 N–H and O–H groups in total. The predicted octanol–water partition coefficient (Wildman–Crippen LogP) is 1.94. The lowest BCUT2D eigenvalue weighted by atomic mass is 9.57. The highest BCUT2D eigenvalue weighted by Crippen LogP contribution is 2.47. The average molecular weight is 529 g/mol. The van der Waals surface area contributed by atoms with E-state index in [4.69, 9.17) is 32.5 Å². The Morgan fingerprint density at radius 3 is 2.60 bits per heavy atom. The Morgan fingerprint density at radius 2 is 1.94 bits per heavy atom. The summed E-state index contributed by atoms with van der Waals surface area (Å²) in [7, 11) is 1.40. The van der Waals surface area contributed by atoms with Gasteiger partial charge in [-0.3, -0.25) is 19.2 Å². The highest BCUT2D eigenvalue weighted by molar-refractivity contribution is 6.67. The maximum atomic E-state index is 12.9. The molecular formula is C22H27BCl2N2O8. The molecule has 35 heavy (non-hydrogen) atoms. The Morgan fingerprint density at radius 1 is 1.23 bits per heavy atom. The first-order valence-electron chi connectivity index (χ1n) is 11.2. The molecule has 0 saturated carbocycles. The molecule has 0 aliphatic carbocycles. The van der Waals surface area contributed by atoms with E-state index in [0.29, 0.717) is 11.4 Å². The summed E-state index contributed by atoms with van der Waals surface area (Å²) in [6, 6.07) is 4.39. The van der Waals surface area contributed by atoms with Gasteiger partial charge in [0.25, 0.3) is 11.9 Å². The number of benzene rings is 1. The molecule has 1 aromatic rings. The zero-order valence-corrected chi connectivity index (χ0v) is 21.1. The summed E-state index contributed by atoms with van der Waals surface area (Å²) in [6.07, 6.45) is -0.657. The molecule has 2 fully saturated rings. The molecule has 10 nitrogen and oxygen atoms in total. The first kappa shape index (κ1) is 27.0. The van der Waals surface area contributed by atoms with Gasteiger partial charge in [0.2, 0.25) is 11.5 Å². The second kappa shape index (κ2) is 10.6. The van der Waals surface area contributed by atoms with Gasteiger partial charge in [0.05, 0.1) is 30.0 Å². The third kappa shape index (κ3) is 5.96. The van der Waals surface area contributed by atoms with Gasteiger partial charge in [0, 0.05) is 16.9 Å². The summed E-state index contributed by atoms with van der Waals surface area (Å²) in [4.78, 5) is 62.6. The fraction of sp³-hybridized carbons (Fsp3) is 0.500. The molecule has 2 amide bonds. The Bertz CT molecular complexity index is 1070.